The number of aromatic nitrogens is 5. The van der Waals surface area contributed by atoms with E-state index in [9.17, 15) is 13.9 Å². The molecule has 0 saturated heterocycles. The summed E-state index contributed by atoms with van der Waals surface area (Å²) in [5, 5.41) is 15.2. The lowest BCUT2D eigenvalue weighted by Gasteiger charge is -2.07. The fourth-order valence-electron chi connectivity index (χ4n) is 3.25. The Morgan fingerprint density at radius 1 is 1.17 bits per heavy atom. The standard InChI is InChI=1S/C20H19F2N5O2/c1-3-29-15-5-13(6-23-8-15)16-4-12(2)19-17(25-16)10-27(20(19)28)14-7-24-26(9-14)11-18(21)22/h4-10,18,28H,3,11H2,1-2H3. The van der Waals surface area contributed by atoms with Crippen molar-refractivity contribution < 1.29 is 18.6 Å². The van der Waals surface area contributed by atoms with Gasteiger partial charge in [-0.05, 0) is 31.5 Å². The lowest BCUT2D eigenvalue weighted by atomic mass is 10.1. The van der Waals surface area contributed by atoms with Gasteiger partial charge in [0, 0.05) is 24.2 Å². The first-order chi connectivity index (χ1) is 14.0. The van der Waals surface area contributed by atoms with E-state index in [1.54, 1.807) is 18.6 Å². The van der Waals surface area contributed by atoms with Gasteiger partial charge in [0.05, 0.1) is 41.3 Å². The van der Waals surface area contributed by atoms with Gasteiger partial charge >= 0.3 is 0 Å². The Morgan fingerprint density at radius 3 is 2.76 bits per heavy atom. The highest BCUT2D eigenvalue weighted by Gasteiger charge is 2.17. The van der Waals surface area contributed by atoms with E-state index in [-0.39, 0.29) is 5.88 Å². The number of ether oxygens (including phenoxy) is 1. The summed E-state index contributed by atoms with van der Waals surface area (Å²) in [4.78, 5) is 8.84. The zero-order valence-electron chi connectivity index (χ0n) is 15.9. The van der Waals surface area contributed by atoms with Crippen LogP contribution in [0, 0.1) is 6.92 Å². The Labute approximate surface area is 165 Å². The van der Waals surface area contributed by atoms with E-state index in [1.807, 2.05) is 26.0 Å². The largest absolute Gasteiger partial charge is 0.494 e. The minimum Gasteiger partial charge on any atom is -0.494 e. The van der Waals surface area contributed by atoms with Gasteiger partial charge in [0.15, 0.2) is 0 Å². The van der Waals surface area contributed by atoms with E-state index in [0.717, 1.165) is 15.8 Å². The number of aryl methyl sites for hydroxylation is 1. The summed E-state index contributed by atoms with van der Waals surface area (Å²) in [6.45, 7) is 3.80. The molecule has 0 amide bonds. The molecule has 4 rings (SSSR count). The average Bonchev–Trinajstić information content (AvgIpc) is 3.26. The summed E-state index contributed by atoms with van der Waals surface area (Å²) in [6.07, 6.45) is 5.36. The first-order valence-corrected chi connectivity index (χ1v) is 9.07. The predicted molar refractivity (Wildman–Crippen MR) is 104 cm³/mol. The van der Waals surface area contributed by atoms with Gasteiger partial charge in [-0.2, -0.15) is 5.10 Å². The number of alkyl halides is 2. The summed E-state index contributed by atoms with van der Waals surface area (Å²) < 4.78 is 33.3. The molecule has 1 N–H and O–H groups in total. The van der Waals surface area contributed by atoms with Gasteiger partial charge in [-0.1, -0.05) is 0 Å². The van der Waals surface area contributed by atoms with Crippen molar-refractivity contribution in [1.29, 1.82) is 0 Å². The molecule has 0 atom stereocenters. The molecule has 0 unspecified atom stereocenters. The molecule has 0 aliphatic rings. The van der Waals surface area contributed by atoms with Gasteiger partial charge < -0.3 is 9.84 Å². The van der Waals surface area contributed by atoms with Gasteiger partial charge in [0.2, 0.25) is 5.88 Å². The maximum atomic E-state index is 12.6. The van der Waals surface area contributed by atoms with Crippen LogP contribution in [0.25, 0.3) is 27.8 Å². The lowest BCUT2D eigenvalue weighted by molar-refractivity contribution is 0.122. The van der Waals surface area contributed by atoms with Crippen LogP contribution in [0.2, 0.25) is 0 Å². The van der Waals surface area contributed by atoms with Crippen LogP contribution >= 0.6 is 0 Å². The third-order valence-corrected chi connectivity index (χ3v) is 4.49. The Kier molecular flexibility index (Phi) is 4.87. The Bertz CT molecular complexity index is 1170. The zero-order valence-corrected chi connectivity index (χ0v) is 15.9. The fourth-order valence-corrected chi connectivity index (χ4v) is 3.25. The van der Waals surface area contributed by atoms with Crippen LogP contribution in [0.4, 0.5) is 8.78 Å². The van der Waals surface area contributed by atoms with Crippen molar-refractivity contribution >= 4 is 10.9 Å². The summed E-state index contributed by atoms with van der Waals surface area (Å²) in [7, 11) is 0. The Balaban J connectivity index is 1.77. The number of hydrogen-bond donors (Lipinski definition) is 1. The molecular formula is C20H19F2N5O2. The van der Waals surface area contributed by atoms with E-state index in [4.69, 9.17) is 4.74 Å². The minimum atomic E-state index is -2.51. The molecule has 4 aromatic rings. The van der Waals surface area contributed by atoms with Crippen LogP contribution in [0.1, 0.15) is 12.5 Å². The third kappa shape index (κ3) is 3.63. The second-order valence-corrected chi connectivity index (χ2v) is 6.56. The molecule has 0 spiro atoms. The summed E-state index contributed by atoms with van der Waals surface area (Å²) in [5.41, 5.74) is 3.35. The highest BCUT2D eigenvalue weighted by molar-refractivity contribution is 5.90. The second-order valence-electron chi connectivity index (χ2n) is 6.56. The highest BCUT2D eigenvalue weighted by atomic mass is 19.3. The monoisotopic (exact) mass is 399 g/mol. The molecule has 4 aromatic heterocycles. The predicted octanol–water partition coefficient (Wildman–Crippen LogP) is 3.96. The minimum absolute atomic E-state index is 0.0191. The lowest BCUT2D eigenvalue weighted by Crippen LogP contribution is -2.06. The van der Waals surface area contributed by atoms with E-state index in [0.29, 0.717) is 34.6 Å². The molecular weight excluding hydrogens is 380 g/mol. The number of fused-ring (bicyclic) bond motifs is 1. The fraction of sp³-hybridized carbons (Fsp3) is 0.250. The molecule has 4 heterocycles. The Hall–Kier alpha value is -3.49. The highest BCUT2D eigenvalue weighted by Crippen LogP contribution is 2.34. The van der Waals surface area contributed by atoms with Crippen molar-refractivity contribution in [3.63, 3.8) is 0 Å². The van der Waals surface area contributed by atoms with Gasteiger partial charge in [-0.15, -0.1) is 0 Å². The molecule has 0 aliphatic carbocycles. The van der Waals surface area contributed by atoms with Crippen LogP contribution in [0.15, 0.2) is 43.1 Å². The zero-order chi connectivity index (χ0) is 20.5. The maximum absolute atomic E-state index is 12.6. The normalized spacial score (nSPS) is 11.5. The number of rotatable bonds is 6. The molecule has 0 fully saturated rings. The van der Waals surface area contributed by atoms with Crippen molar-refractivity contribution in [1.82, 2.24) is 24.3 Å². The number of halogens is 2. The quantitative estimate of drug-likeness (QED) is 0.531. The number of pyridine rings is 2. The van der Waals surface area contributed by atoms with Gasteiger partial charge in [0.25, 0.3) is 6.43 Å². The maximum Gasteiger partial charge on any atom is 0.257 e. The van der Waals surface area contributed by atoms with Crippen LogP contribution in [-0.4, -0.2) is 42.5 Å². The van der Waals surface area contributed by atoms with Crippen LogP contribution in [0.3, 0.4) is 0 Å². The molecule has 7 nitrogen and oxygen atoms in total. The van der Waals surface area contributed by atoms with E-state index in [2.05, 4.69) is 15.1 Å². The van der Waals surface area contributed by atoms with Crippen LogP contribution in [0.5, 0.6) is 11.6 Å². The van der Waals surface area contributed by atoms with Crippen molar-refractivity contribution in [2.24, 2.45) is 0 Å². The van der Waals surface area contributed by atoms with Gasteiger partial charge in [0.1, 0.15) is 12.3 Å². The third-order valence-electron chi connectivity index (χ3n) is 4.49. The van der Waals surface area contributed by atoms with Crippen LogP contribution in [-0.2, 0) is 6.54 Å². The first kappa shape index (κ1) is 18.9. The van der Waals surface area contributed by atoms with Crippen molar-refractivity contribution in [2.75, 3.05) is 6.61 Å². The SMILES string of the molecule is CCOc1cncc(-c2cc(C)c3c(O)n(-c4cnn(CC(F)F)c4)cc3n2)c1. The smallest absolute Gasteiger partial charge is 0.257 e. The molecule has 0 radical (unpaired) electrons. The van der Waals surface area contributed by atoms with Gasteiger partial charge in [-0.25, -0.2) is 13.8 Å². The van der Waals surface area contributed by atoms with E-state index >= 15 is 0 Å². The molecule has 0 bridgehead atoms. The molecule has 0 saturated carbocycles. The molecule has 0 aromatic carbocycles. The summed E-state index contributed by atoms with van der Waals surface area (Å²) >= 11 is 0. The topological polar surface area (TPSA) is 78.0 Å². The van der Waals surface area contributed by atoms with Gasteiger partial charge in [-0.3, -0.25) is 14.2 Å². The van der Waals surface area contributed by atoms with Crippen molar-refractivity contribution in [3.8, 4) is 28.6 Å². The molecule has 0 aliphatic heterocycles. The van der Waals surface area contributed by atoms with Crippen molar-refractivity contribution in [2.45, 2.75) is 26.8 Å². The number of aromatic hydroxyl groups is 1. The molecule has 150 valence electrons. The first-order valence-electron chi connectivity index (χ1n) is 9.07. The molecule has 9 heteroatoms. The Morgan fingerprint density at radius 2 is 2.00 bits per heavy atom. The number of hydrogen-bond acceptors (Lipinski definition) is 5. The summed E-state index contributed by atoms with van der Waals surface area (Å²) in [6, 6.07) is 3.72. The van der Waals surface area contributed by atoms with E-state index < -0.39 is 13.0 Å². The molecule has 29 heavy (non-hydrogen) atoms. The van der Waals surface area contributed by atoms with Crippen molar-refractivity contribution in [3.05, 3.63) is 48.7 Å². The summed E-state index contributed by atoms with van der Waals surface area (Å²) in [5.74, 6) is 0.630. The number of nitrogens with zero attached hydrogens (tertiary/aromatic N) is 5. The van der Waals surface area contributed by atoms with Crippen LogP contribution < -0.4 is 4.74 Å². The second kappa shape index (κ2) is 7.50. The van der Waals surface area contributed by atoms with E-state index in [1.165, 1.54) is 17.0 Å². The average molecular weight is 399 g/mol.